The SMILES string of the molecule is C=C(Br)CNC(=O)c1cc(Cl)ccc1I. The molecule has 5 heteroatoms. The van der Waals surface area contributed by atoms with Crippen LogP contribution >= 0.6 is 50.1 Å². The molecule has 0 fully saturated rings. The molecule has 1 N–H and O–H groups in total. The Labute approximate surface area is 115 Å². The van der Waals surface area contributed by atoms with E-state index >= 15 is 0 Å². The van der Waals surface area contributed by atoms with E-state index in [0.29, 0.717) is 17.1 Å². The number of halogens is 3. The lowest BCUT2D eigenvalue weighted by molar-refractivity contribution is 0.0957. The minimum absolute atomic E-state index is 0.150. The maximum Gasteiger partial charge on any atom is 0.252 e. The van der Waals surface area contributed by atoms with Crippen LogP contribution in [0, 0.1) is 3.57 Å². The zero-order valence-corrected chi connectivity index (χ0v) is 12.2. The highest BCUT2D eigenvalue weighted by Gasteiger charge is 2.09. The van der Waals surface area contributed by atoms with Crippen LogP contribution in [0.3, 0.4) is 0 Å². The highest BCUT2D eigenvalue weighted by molar-refractivity contribution is 14.1. The molecule has 1 rings (SSSR count). The van der Waals surface area contributed by atoms with Gasteiger partial charge in [-0.15, -0.1) is 0 Å². The lowest BCUT2D eigenvalue weighted by Crippen LogP contribution is -2.25. The number of carbonyl (C=O) groups excluding carboxylic acids is 1. The van der Waals surface area contributed by atoms with Gasteiger partial charge in [0.2, 0.25) is 0 Å². The molecule has 0 atom stereocenters. The van der Waals surface area contributed by atoms with E-state index in [1.54, 1.807) is 18.2 Å². The quantitative estimate of drug-likeness (QED) is 0.772. The number of rotatable bonds is 3. The maximum absolute atomic E-state index is 11.7. The fourth-order valence-electron chi connectivity index (χ4n) is 0.943. The number of hydrogen-bond acceptors (Lipinski definition) is 1. The van der Waals surface area contributed by atoms with Crippen molar-refractivity contribution < 1.29 is 4.79 Å². The van der Waals surface area contributed by atoms with Gasteiger partial charge in [-0.1, -0.05) is 34.1 Å². The van der Waals surface area contributed by atoms with Crippen LogP contribution in [0.5, 0.6) is 0 Å². The highest BCUT2D eigenvalue weighted by atomic mass is 127. The molecule has 80 valence electrons. The third kappa shape index (κ3) is 4.12. The Bertz CT molecular complexity index is 408. The molecule has 0 radical (unpaired) electrons. The van der Waals surface area contributed by atoms with Crippen LogP contribution in [0.25, 0.3) is 0 Å². The summed E-state index contributed by atoms with van der Waals surface area (Å²) in [7, 11) is 0. The molecule has 0 heterocycles. The Balaban J connectivity index is 2.81. The predicted molar refractivity (Wildman–Crippen MR) is 74.6 cm³/mol. The third-order valence-corrected chi connectivity index (χ3v) is 3.07. The summed E-state index contributed by atoms with van der Waals surface area (Å²) in [6.45, 7) is 4.04. The molecule has 2 nitrogen and oxygen atoms in total. The molecule has 0 unspecified atom stereocenters. The van der Waals surface area contributed by atoms with Crippen LogP contribution in [0.1, 0.15) is 10.4 Å². The third-order valence-electron chi connectivity index (χ3n) is 1.61. The van der Waals surface area contributed by atoms with Crippen LogP contribution in [0.2, 0.25) is 5.02 Å². The number of carbonyl (C=O) groups is 1. The van der Waals surface area contributed by atoms with Crippen molar-refractivity contribution in [3.8, 4) is 0 Å². The summed E-state index contributed by atoms with van der Waals surface area (Å²) in [5, 5.41) is 3.27. The highest BCUT2D eigenvalue weighted by Crippen LogP contribution is 2.17. The monoisotopic (exact) mass is 399 g/mol. The van der Waals surface area contributed by atoms with Crippen LogP contribution in [0.4, 0.5) is 0 Å². The zero-order chi connectivity index (χ0) is 11.4. The molecule has 0 aliphatic heterocycles. The minimum atomic E-state index is -0.150. The van der Waals surface area contributed by atoms with E-state index < -0.39 is 0 Å². The molecule has 1 aromatic rings. The summed E-state index contributed by atoms with van der Waals surface area (Å²) >= 11 is 11.1. The topological polar surface area (TPSA) is 29.1 Å². The molecule has 0 saturated carbocycles. The van der Waals surface area contributed by atoms with Gasteiger partial charge in [-0.2, -0.15) is 0 Å². The fourth-order valence-corrected chi connectivity index (χ4v) is 1.84. The summed E-state index contributed by atoms with van der Waals surface area (Å²) in [5.74, 6) is -0.150. The lowest BCUT2D eigenvalue weighted by Gasteiger charge is -2.06. The molecule has 1 amide bonds. The molecular weight excluding hydrogens is 392 g/mol. The van der Waals surface area contributed by atoms with E-state index in [0.717, 1.165) is 8.05 Å². The van der Waals surface area contributed by atoms with Gasteiger partial charge in [-0.3, -0.25) is 4.79 Å². The Morgan fingerprint density at radius 3 is 2.87 bits per heavy atom. The summed E-state index contributed by atoms with van der Waals surface area (Å²) in [6.07, 6.45) is 0. The van der Waals surface area contributed by atoms with Gasteiger partial charge in [0.1, 0.15) is 0 Å². The van der Waals surface area contributed by atoms with E-state index in [1.165, 1.54) is 0 Å². The van der Waals surface area contributed by atoms with Gasteiger partial charge >= 0.3 is 0 Å². The van der Waals surface area contributed by atoms with Crippen molar-refractivity contribution >= 4 is 56.0 Å². The number of hydrogen-bond donors (Lipinski definition) is 1. The van der Waals surface area contributed by atoms with Crippen molar-refractivity contribution in [1.29, 1.82) is 0 Å². The zero-order valence-electron chi connectivity index (χ0n) is 7.69. The van der Waals surface area contributed by atoms with Crippen molar-refractivity contribution in [2.45, 2.75) is 0 Å². The van der Waals surface area contributed by atoms with Gasteiger partial charge < -0.3 is 5.32 Å². The molecule has 0 aliphatic carbocycles. The number of nitrogens with one attached hydrogen (secondary N) is 1. The number of amides is 1. The average Bonchev–Trinajstić information content (AvgIpc) is 2.18. The van der Waals surface area contributed by atoms with Crippen LogP contribution in [-0.2, 0) is 0 Å². The summed E-state index contributed by atoms with van der Waals surface area (Å²) in [5.41, 5.74) is 0.580. The lowest BCUT2D eigenvalue weighted by atomic mass is 10.2. The Morgan fingerprint density at radius 2 is 2.27 bits per heavy atom. The Kier molecular flexibility index (Phi) is 5.08. The normalized spacial score (nSPS) is 9.80. The van der Waals surface area contributed by atoms with Crippen molar-refractivity contribution in [3.63, 3.8) is 0 Å². The summed E-state index contributed by atoms with van der Waals surface area (Å²) in [4.78, 5) is 11.7. The van der Waals surface area contributed by atoms with Gasteiger partial charge in [-0.25, -0.2) is 0 Å². The second-order valence-electron chi connectivity index (χ2n) is 2.82. The first kappa shape index (κ1) is 13.0. The standard InChI is InChI=1S/C10H8BrClINO/c1-6(11)5-14-10(15)8-4-7(12)2-3-9(8)13/h2-4H,1,5H2,(H,14,15). The second-order valence-corrected chi connectivity index (χ2v) is 5.54. The molecule has 1 aromatic carbocycles. The molecule has 0 aromatic heterocycles. The summed E-state index contributed by atoms with van der Waals surface area (Å²) < 4.78 is 1.60. The average molecular weight is 400 g/mol. The van der Waals surface area contributed by atoms with Gasteiger partial charge in [0.25, 0.3) is 5.91 Å². The van der Waals surface area contributed by atoms with Crippen LogP contribution < -0.4 is 5.32 Å². The number of benzene rings is 1. The minimum Gasteiger partial charge on any atom is -0.347 e. The van der Waals surface area contributed by atoms with Gasteiger partial charge in [-0.05, 0) is 40.8 Å². The van der Waals surface area contributed by atoms with Gasteiger partial charge in [0.05, 0.1) is 5.56 Å². The van der Waals surface area contributed by atoms with Crippen molar-refractivity contribution in [3.05, 3.63) is 43.4 Å². The predicted octanol–water partition coefficient (Wildman–Crippen LogP) is 3.58. The fraction of sp³-hybridized carbons (Fsp3) is 0.100. The first-order chi connectivity index (χ1) is 7.00. The summed E-state index contributed by atoms with van der Waals surface area (Å²) in [6, 6.07) is 5.21. The Morgan fingerprint density at radius 1 is 1.60 bits per heavy atom. The van der Waals surface area contributed by atoms with Gasteiger partial charge in [0.15, 0.2) is 0 Å². The van der Waals surface area contributed by atoms with Crippen LogP contribution in [0.15, 0.2) is 29.3 Å². The molecule has 0 bridgehead atoms. The smallest absolute Gasteiger partial charge is 0.252 e. The molecular formula is C10H8BrClINO. The molecule has 0 saturated heterocycles. The maximum atomic E-state index is 11.7. The van der Waals surface area contributed by atoms with E-state index in [9.17, 15) is 4.79 Å². The molecule has 15 heavy (non-hydrogen) atoms. The molecule has 0 spiro atoms. The Hall–Kier alpha value is -0.0700. The van der Waals surface area contributed by atoms with Crippen LogP contribution in [-0.4, -0.2) is 12.5 Å². The van der Waals surface area contributed by atoms with E-state index in [4.69, 9.17) is 11.6 Å². The van der Waals surface area contributed by atoms with Crippen molar-refractivity contribution in [2.24, 2.45) is 0 Å². The van der Waals surface area contributed by atoms with Gasteiger partial charge in [0, 0.05) is 19.6 Å². The van der Waals surface area contributed by atoms with E-state index in [-0.39, 0.29) is 5.91 Å². The van der Waals surface area contributed by atoms with Crippen molar-refractivity contribution in [2.75, 3.05) is 6.54 Å². The second kappa shape index (κ2) is 5.86. The van der Waals surface area contributed by atoms with E-state index in [1.807, 2.05) is 0 Å². The largest absolute Gasteiger partial charge is 0.347 e. The first-order valence-electron chi connectivity index (χ1n) is 4.07. The molecule has 0 aliphatic rings. The van der Waals surface area contributed by atoms with E-state index in [2.05, 4.69) is 50.4 Å². The first-order valence-corrected chi connectivity index (χ1v) is 6.32. The van der Waals surface area contributed by atoms with Crippen molar-refractivity contribution in [1.82, 2.24) is 5.32 Å².